The molecule has 0 aromatic heterocycles. The molecule has 0 spiro atoms. The number of nitro groups is 1. The van der Waals surface area contributed by atoms with Gasteiger partial charge in [0, 0.05) is 30.8 Å². The van der Waals surface area contributed by atoms with E-state index in [0.717, 1.165) is 0 Å². The van der Waals surface area contributed by atoms with Gasteiger partial charge < -0.3 is 5.11 Å². The Morgan fingerprint density at radius 2 is 2.11 bits per heavy atom. The van der Waals surface area contributed by atoms with Crippen molar-refractivity contribution in [3.05, 3.63) is 39.9 Å². The number of carboxylic acid groups (broad SMARTS) is 1. The third-order valence-corrected chi connectivity index (χ3v) is 3.39. The van der Waals surface area contributed by atoms with Crippen LogP contribution in [-0.4, -0.2) is 34.0 Å². The molecule has 1 fully saturated rings. The maximum absolute atomic E-state index is 10.9. The van der Waals surface area contributed by atoms with Crippen molar-refractivity contribution < 1.29 is 14.8 Å². The number of carboxylic acids is 1. The molecule has 1 heterocycles. The van der Waals surface area contributed by atoms with Crippen LogP contribution >= 0.6 is 0 Å². The van der Waals surface area contributed by atoms with Gasteiger partial charge in [-0.15, -0.1) is 0 Å². The SMILES string of the molecule is CC(c1ccccc1[N+](=O)[O-])N1CC(C(=O)O)C1. The molecule has 1 aliphatic rings. The highest BCUT2D eigenvalue weighted by atomic mass is 16.6. The Balaban J connectivity index is 2.13. The molecule has 1 N–H and O–H groups in total. The summed E-state index contributed by atoms with van der Waals surface area (Å²) in [5.41, 5.74) is 0.718. The zero-order valence-corrected chi connectivity index (χ0v) is 9.94. The van der Waals surface area contributed by atoms with E-state index in [1.807, 2.05) is 11.8 Å². The second kappa shape index (κ2) is 4.73. The van der Waals surface area contributed by atoms with E-state index >= 15 is 0 Å². The molecule has 18 heavy (non-hydrogen) atoms. The van der Waals surface area contributed by atoms with Crippen molar-refractivity contribution in [3.63, 3.8) is 0 Å². The van der Waals surface area contributed by atoms with Crippen LogP contribution in [0, 0.1) is 16.0 Å². The lowest BCUT2D eigenvalue weighted by molar-refractivity contribution is -0.386. The Hall–Kier alpha value is -1.95. The molecule has 2 rings (SSSR count). The smallest absolute Gasteiger partial charge is 0.309 e. The largest absolute Gasteiger partial charge is 0.481 e. The second-order valence-corrected chi connectivity index (χ2v) is 4.48. The Labute approximate surface area is 104 Å². The van der Waals surface area contributed by atoms with Gasteiger partial charge in [-0.25, -0.2) is 0 Å². The Morgan fingerprint density at radius 1 is 1.50 bits per heavy atom. The van der Waals surface area contributed by atoms with Gasteiger partial charge in [0.05, 0.1) is 10.8 Å². The summed E-state index contributed by atoms with van der Waals surface area (Å²) in [6.45, 7) is 2.76. The number of nitro benzene ring substituents is 1. The van der Waals surface area contributed by atoms with E-state index in [4.69, 9.17) is 5.11 Å². The van der Waals surface area contributed by atoms with Crippen molar-refractivity contribution in [2.24, 2.45) is 5.92 Å². The summed E-state index contributed by atoms with van der Waals surface area (Å²) in [4.78, 5) is 23.2. The number of carbonyl (C=O) groups is 1. The van der Waals surface area contributed by atoms with Gasteiger partial charge in [0.15, 0.2) is 0 Å². The van der Waals surface area contributed by atoms with E-state index < -0.39 is 10.9 Å². The first-order valence-corrected chi connectivity index (χ1v) is 5.71. The Kier molecular flexibility index (Phi) is 3.29. The zero-order chi connectivity index (χ0) is 13.3. The molecule has 1 atom stereocenters. The Bertz CT molecular complexity index is 483. The minimum absolute atomic E-state index is 0.0868. The van der Waals surface area contributed by atoms with Crippen molar-refractivity contribution >= 4 is 11.7 Å². The third-order valence-electron chi connectivity index (χ3n) is 3.39. The molecule has 1 aromatic carbocycles. The van der Waals surface area contributed by atoms with Gasteiger partial charge in [-0.05, 0) is 6.92 Å². The van der Waals surface area contributed by atoms with Crippen LogP contribution in [0.5, 0.6) is 0 Å². The molecule has 1 aromatic rings. The van der Waals surface area contributed by atoms with Crippen LogP contribution in [0.1, 0.15) is 18.5 Å². The first-order valence-electron chi connectivity index (χ1n) is 5.71. The van der Waals surface area contributed by atoms with Crippen molar-refractivity contribution in [1.29, 1.82) is 0 Å². The minimum Gasteiger partial charge on any atom is -0.481 e. The van der Waals surface area contributed by atoms with Crippen molar-refractivity contribution in [3.8, 4) is 0 Å². The van der Waals surface area contributed by atoms with E-state index in [-0.39, 0.29) is 17.6 Å². The predicted molar refractivity (Wildman–Crippen MR) is 64.2 cm³/mol. The van der Waals surface area contributed by atoms with Crippen LogP contribution in [0.2, 0.25) is 0 Å². The van der Waals surface area contributed by atoms with Gasteiger partial charge in [0.2, 0.25) is 0 Å². The fraction of sp³-hybridized carbons (Fsp3) is 0.417. The highest BCUT2D eigenvalue weighted by Gasteiger charge is 2.37. The lowest BCUT2D eigenvalue weighted by Gasteiger charge is -2.40. The molecular weight excluding hydrogens is 236 g/mol. The van der Waals surface area contributed by atoms with E-state index in [2.05, 4.69) is 0 Å². The molecule has 6 nitrogen and oxygen atoms in total. The lowest BCUT2D eigenvalue weighted by Crippen LogP contribution is -2.51. The normalized spacial score (nSPS) is 18.1. The van der Waals surface area contributed by atoms with Crippen LogP contribution in [-0.2, 0) is 4.79 Å². The van der Waals surface area contributed by atoms with Crippen molar-refractivity contribution in [2.75, 3.05) is 13.1 Å². The highest BCUT2D eigenvalue weighted by molar-refractivity contribution is 5.71. The summed E-state index contributed by atoms with van der Waals surface area (Å²) in [5.74, 6) is -1.16. The summed E-state index contributed by atoms with van der Waals surface area (Å²) in [6, 6.07) is 6.44. The van der Waals surface area contributed by atoms with Crippen molar-refractivity contribution in [1.82, 2.24) is 4.90 Å². The average Bonchev–Trinajstić information content (AvgIpc) is 2.26. The number of benzene rings is 1. The van der Waals surface area contributed by atoms with Crippen LogP contribution in [0.25, 0.3) is 0 Å². The molecule has 6 heteroatoms. The third kappa shape index (κ3) is 2.19. The number of nitrogens with zero attached hydrogens (tertiary/aromatic N) is 2. The first kappa shape index (κ1) is 12.5. The topological polar surface area (TPSA) is 83.7 Å². The minimum atomic E-state index is -0.805. The van der Waals surface area contributed by atoms with E-state index in [1.54, 1.807) is 18.2 Å². The summed E-state index contributed by atoms with van der Waals surface area (Å²) < 4.78 is 0. The standard InChI is InChI=1S/C12H14N2O4/c1-8(13-6-9(7-13)12(15)16)10-4-2-3-5-11(10)14(17)18/h2-5,8-9H,6-7H2,1H3,(H,15,16). The molecule has 1 aliphatic heterocycles. The van der Waals surface area contributed by atoms with Gasteiger partial charge in [0.1, 0.15) is 0 Å². The monoisotopic (exact) mass is 250 g/mol. The van der Waals surface area contributed by atoms with Gasteiger partial charge in [-0.1, -0.05) is 18.2 Å². The quantitative estimate of drug-likeness (QED) is 0.649. The fourth-order valence-electron chi connectivity index (χ4n) is 2.19. The zero-order valence-electron chi connectivity index (χ0n) is 9.94. The maximum atomic E-state index is 10.9. The van der Waals surface area contributed by atoms with E-state index in [9.17, 15) is 14.9 Å². The Morgan fingerprint density at radius 3 is 2.67 bits per heavy atom. The van der Waals surface area contributed by atoms with Gasteiger partial charge in [0.25, 0.3) is 5.69 Å². The molecule has 1 saturated heterocycles. The van der Waals surface area contributed by atoms with Crippen molar-refractivity contribution in [2.45, 2.75) is 13.0 Å². The predicted octanol–water partition coefficient (Wildman–Crippen LogP) is 1.67. The number of para-hydroxylation sites is 1. The van der Waals surface area contributed by atoms with E-state index in [0.29, 0.717) is 18.7 Å². The highest BCUT2D eigenvalue weighted by Crippen LogP contribution is 2.33. The summed E-state index contributed by atoms with van der Waals surface area (Å²) in [6.07, 6.45) is 0. The number of hydrogen-bond acceptors (Lipinski definition) is 4. The van der Waals surface area contributed by atoms with E-state index in [1.165, 1.54) is 6.07 Å². The van der Waals surface area contributed by atoms with Crippen LogP contribution in [0.4, 0.5) is 5.69 Å². The molecule has 0 radical (unpaired) electrons. The van der Waals surface area contributed by atoms with Crippen LogP contribution < -0.4 is 0 Å². The van der Waals surface area contributed by atoms with Gasteiger partial charge in [-0.2, -0.15) is 0 Å². The summed E-state index contributed by atoms with van der Waals surface area (Å²) in [7, 11) is 0. The molecule has 1 unspecified atom stereocenters. The molecule has 0 bridgehead atoms. The maximum Gasteiger partial charge on any atom is 0.309 e. The second-order valence-electron chi connectivity index (χ2n) is 4.48. The van der Waals surface area contributed by atoms with Crippen LogP contribution in [0.15, 0.2) is 24.3 Å². The van der Waals surface area contributed by atoms with Gasteiger partial charge >= 0.3 is 5.97 Å². The summed E-state index contributed by atoms with van der Waals surface area (Å²) >= 11 is 0. The average molecular weight is 250 g/mol. The molecule has 0 amide bonds. The number of likely N-dealkylation sites (tertiary alicyclic amines) is 1. The number of rotatable bonds is 4. The van der Waals surface area contributed by atoms with Crippen LogP contribution in [0.3, 0.4) is 0 Å². The molecule has 96 valence electrons. The number of aliphatic carboxylic acids is 1. The fourth-order valence-corrected chi connectivity index (χ4v) is 2.19. The molecule has 0 aliphatic carbocycles. The molecule has 0 saturated carbocycles. The first-order chi connectivity index (χ1) is 8.50. The van der Waals surface area contributed by atoms with Gasteiger partial charge in [-0.3, -0.25) is 19.8 Å². The number of hydrogen-bond donors (Lipinski definition) is 1. The molecular formula is C12H14N2O4. The summed E-state index contributed by atoms with van der Waals surface area (Å²) in [5, 5.41) is 19.7. The lowest BCUT2D eigenvalue weighted by atomic mass is 9.94.